The van der Waals surface area contributed by atoms with E-state index in [1.165, 1.54) is 18.5 Å². The summed E-state index contributed by atoms with van der Waals surface area (Å²) in [6.07, 6.45) is 3.00. The van der Waals surface area contributed by atoms with Crippen LogP contribution in [-0.4, -0.2) is 54.4 Å². The molecule has 0 radical (unpaired) electrons. The lowest BCUT2D eigenvalue weighted by molar-refractivity contribution is -0.133. The highest BCUT2D eigenvalue weighted by Gasteiger charge is 2.22. The first kappa shape index (κ1) is 22.0. The van der Waals surface area contributed by atoms with E-state index in [0.717, 1.165) is 31.3 Å². The molecule has 0 spiro atoms. The Morgan fingerprint density at radius 1 is 1.22 bits per heavy atom. The summed E-state index contributed by atoms with van der Waals surface area (Å²) in [5, 5.41) is 3.90. The fourth-order valence-electron chi connectivity index (χ4n) is 3.60. The molecule has 3 aromatic rings. The molecule has 1 N–H and O–H groups in total. The number of halogens is 2. The van der Waals surface area contributed by atoms with E-state index in [4.69, 9.17) is 25.8 Å². The fourth-order valence-corrected chi connectivity index (χ4v) is 3.78. The lowest BCUT2D eigenvalue weighted by atomic mass is 10.1. The zero-order chi connectivity index (χ0) is 22.5. The van der Waals surface area contributed by atoms with Crippen molar-refractivity contribution >= 4 is 40.5 Å². The molecule has 0 saturated carbocycles. The van der Waals surface area contributed by atoms with E-state index in [1.54, 1.807) is 19.2 Å². The number of nitrogens with zero attached hydrogens (tertiary/aromatic N) is 3. The number of fused-ring (bicyclic) bond motifs is 1. The van der Waals surface area contributed by atoms with Crippen molar-refractivity contribution in [3.05, 3.63) is 47.5 Å². The topological polar surface area (TPSA) is 85.8 Å². The Labute approximate surface area is 189 Å². The molecule has 0 unspecified atom stereocenters. The van der Waals surface area contributed by atoms with Crippen molar-refractivity contribution in [3.63, 3.8) is 0 Å². The van der Waals surface area contributed by atoms with Gasteiger partial charge in [0.25, 0.3) is 6.47 Å². The minimum absolute atomic E-state index is 0.00854. The highest BCUT2D eigenvalue weighted by Crippen LogP contribution is 2.36. The van der Waals surface area contributed by atoms with E-state index < -0.39 is 5.82 Å². The predicted octanol–water partition coefficient (Wildman–Crippen LogP) is 4.15. The lowest BCUT2D eigenvalue weighted by Crippen LogP contribution is -2.39. The smallest absolute Gasteiger partial charge is 0.294 e. The number of methoxy groups -OCH3 is 1. The standard InChI is InChI=1S/C22H22ClFN4O4/c1-30-20-10-19-16(9-21(20)32-15-4-6-28(7-5-15)12-31-13-29)22(26-11-25-19)27-14-2-3-18(24)17(23)8-14/h2-3,8-11,13,15H,4-7,12H2,1H3,(H,25,26,27). The van der Waals surface area contributed by atoms with Crippen molar-refractivity contribution in [2.45, 2.75) is 18.9 Å². The number of piperidine rings is 1. The summed E-state index contributed by atoms with van der Waals surface area (Å²) in [5.74, 6) is 1.19. The highest BCUT2D eigenvalue weighted by atomic mass is 35.5. The minimum Gasteiger partial charge on any atom is -0.493 e. The van der Waals surface area contributed by atoms with Gasteiger partial charge in [0.15, 0.2) is 11.5 Å². The quantitative estimate of drug-likeness (QED) is 0.502. The minimum atomic E-state index is -0.492. The molecule has 0 aliphatic carbocycles. The van der Waals surface area contributed by atoms with Gasteiger partial charge in [-0.05, 0) is 37.1 Å². The van der Waals surface area contributed by atoms with Gasteiger partial charge in [-0.15, -0.1) is 0 Å². The SMILES string of the molecule is COc1cc2ncnc(Nc3ccc(F)c(Cl)c3)c2cc1OC1CCN(COC=O)CC1. The normalized spacial score (nSPS) is 14.8. The van der Waals surface area contributed by atoms with Crippen LogP contribution in [0.1, 0.15) is 12.8 Å². The number of aromatic nitrogens is 2. The number of hydrogen-bond acceptors (Lipinski definition) is 8. The number of hydrogen-bond donors (Lipinski definition) is 1. The summed E-state index contributed by atoms with van der Waals surface area (Å²) in [4.78, 5) is 21.1. The maximum Gasteiger partial charge on any atom is 0.294 e. The van der Waals surface area contributed by atoms with Crippen molar-refractivity contribution in [1.29, 1.82) is 0 Å². The van der Waals surface area contributed by atoms with Crippen LogP contribution in [0.2, 0.25) is 5.02 Å². The third kappa shape index (κ3) is 5.00. The number of carbonyl (C=O) groups is 1. The molecule has 8 nitrogen and oxygen atoms in total. The first-order valence-electron chi connectivity index (χ1n) is 10.1. The third-order valence-electron chi connectivity index (χ3n) is 5.26. The van der Waals surface area contributed by atoms with Gasteiger partial charge in [-0.3, -0.25) is 9.69 Å². The number of rotatable bonds is 8. The second kappa shape index (κ2) is 9.97. The number of anilines is 2. The van der Waals surface area contributed by atoms with Crippen molar-refractivity contribution < 1.29 is 23.4 Å². The fraction of sp³-hybridized carbons (Fsp3) is 0.318. The van der Waals surface area contributed by atoms with E-state index >= 15 is 0 Å². The van der Waals surface area contributed by atoms with Gasteiger partial charge in [-0.25, -0.2) is 14.4 Å². The molecule has 168 valence electrons. The molecule has 1 aliphatic rings. The Balaban J connectivity index is 1.57. The second-order valence-corrected chi connectivity index (χ2v) is 7.73. The maximum atomic E-state index is 13.5. The number of carbonyl (C=O) groups excluding carboxylic acids is 1. The molecular formula is C22H22ClFN4O4. The average Bonchev–Trinajstić information content (AvgIpc) is 2.81. The van der Waals surface area contributed by atoms with Crippen LogP contribution in [0.25, 0.3) is 10.9 Å². The third-order valence-corrected chi connectivity index (χ3v) is 5.55. The molecule has 1 fully saturated rings. The number of likely N-dealkylation sites (tertiary alicyclic amines) is 1. The average molecular weight is 461 g/mol. The van der Waals surface area contributed by atoms with Crippen molar-refractivity contribution in [3.8, 4) is 11.5 Å². The molecule has 32 heavy (non-hydrogen) atoms. The Morgan fingerprint density at radius 3 is 2.75 bits per heavy atom. The van der Waals surface area contributed by atoms with Crippen LogP contribution in [-0.2, 0) is 9.53 Å². The number of nitrogens with one attached hydrogen (secondary N) is 1. The van der Waals surface area contributed by atoms with Gasteiger partial charge in [0.05, 0.1) is 17.6 Å². The zero-order valence-corrected chi connectivity index (χ0v) is 18.1. The maximum absolute atomic E-state index is 13.5. The monoisotopic (exact) mass is 460 g/mol. The van der Waals surface area contributed by atoms with Crippen LogP contribution >= 0.6 is 11.6 Å². The van der Waals surface area contributed by atoms with Crippen molar-refractivity contribution in [1.82, 2.24) is 14.9 Å². The van der Waals surface area contributed by atoms with Gasteiger partial charge in [0.1, 0.15) is 30.8 Å². The second-order valence-electron chi connectivity index (χ2n) is 7.32. The van der Waals surface area contributed by atoms with Crippen LogP contribution in [0, 0.1) is 5.82 Å². The Kier molecular flexibility index (Phi) is 6.87. The Hall–Kier alpha value is -3.17. The van der Waals surface area contributed by atoms with Gasteiger partial charge in [0.2, 0.25) is 0 Å². The lowest BCUT2D eigenvalue weighted by Gasteiger charge is -2.31. The van der Waals surface area contributed by atoms with E-state index in [1.807, 2.05) is 6.07 Å². The summed E-state index contributed by atoms with van der Waals surface area (Å²) in [6.45, 7) is 2.26. The molecular weight excluding hydrogens is 439 g/mol. The van der Waals surface area contributed by atoms with E-state index in [9.17, 15) is 9.18 Å². The Bertz CT molecular complexity index is 1110. The van der Waals surface area contributed by atoms with Gasteiger partial charge < -0.3 is 19.5 Å². The van der Waals surface area contributed by atoms with Crippen LogP contribution in [0.15, 0.2) is 36.7 Å². The van der Waals surface area contributed by atoms with Gasteiger partial charge in [-0.1, -0.05) is 11.6 Å². The summed E-state index contributed by atoms with van der Waals surface area (Å²) in [5.41, 5.74) is 1.26. The van der Waals surface area contributed by atoms with Gasteiger partial charge >= 0.3 is 0 Å². The molecule has 1 aliphatic heterocycles. The molecule has 0 amide bonds. The summed E-state index contributed by atoms with van der Waals surface area (Å²) in [7, 11) is 1.58. The summed E-state index contributed by atoms with van der Waals surface area (Å²) >= 11 is 5.90. The van der Waals surface area contributed by atoms with E-state index in [-0.39, 0.29) is 17.9 Å². The molecule has 1 aromatic heterocycles. The van der Waals surface area contributed by atoms with E-state index in [2.05, 4.69) is 20.2 Å². The molecule has 4 rings (SSSR count). The van der Waals surface area contributed by atoms with Crippen molar-refractivity contribution in [2.24, 2.45) is 0 Å². The first-order valence-corrected chi connectivity index (χ1v) is 10.4. The van der Waals surface area contributed by atoms with Crippen LogP contribution in [0.3, 0.4) is 0 Å². The highest BCUT2D eigenvalue weighted by molar-refractivity contribution is 6.31. The number of ether oxygens (including phenoxy) is 3. The summed E-state index contributed by atoms with van der Waals surface area (Å²) in [6, 6.07) is 8.00. The van der Waals surface area contributed by atoms with Gasteiger partial charge in [0, 0.05) is 30.2 Å². The molecule has 1 saturated heterocycles. The largest absolute Gasteiger partial charge is 0.493 e. The van der Waals surface area contributed by atoms with Crippen LogP contribution in [0.5, 0.6) is 11.5 Å². The summed E-state index contributed by atoms with van der Waals surface area (Å²) < 4.78 is 30.1. The molecule has 0 bridgehead atoms. The molecule has 2 heterocycles. The van der Waals surface area contributed by atoms with Gasteiger partial charge in [-0.2, -0.15) is 0 Å². The molecule has 0 atom stereocenters. The van der Waals surface area contributed by atoms with Crippen LogP contribution < -0.4 is 14.8 Å². The first-order chi connectivity index (χ1) is 15.6. The number of benzene rings is 2. The predicted molar refractivity (Wildman–Crippen MR) is 118 cm³/mol. The van der Waals surface area contributed by atoms with Crippen molar-refractivity contribution in [2.75, 3.05) is 32.2 Å². The molecule has 10 heteroatoms. The van der Waals surface area contributed by atoms with Crippen LogP contribution in [0.4, 0.5) is 15.9 Å². The van der Waals surface area contributed by atoms with E-state index in [0.29, 0.717) is 35.0 Å². The Morgan fingerprint density at radius 2 is 2.03 bits per heavy atom. The zero-order valence-electron chi connectivity index (χ0n) is 17.4. The molecule has 2 aromatic carbocycles.